The van der Waals surface area contributed by atoms with Gasteiger partial charge >= 0.3 is 0 Å². The first-order valence-corrected chi connectivity index (χ1v) is 7.14. The number of rotatable bonds is 2. The molecule has 0 saturated heterocycles. The molecule has 4 rings (SSSR count). The summed E-state index contributed by atoms with van der Waals surface area (Å²) in [5.74, 6) is -0.157. The number of anilines is 1. The standard InChI is InChI=1S/C17H13FN4O/c18-12-4-2-1-3-10(12)9-22-8-7-11-14(22)6-5-13-15(11)16(23)21-17(19)20-13/h1-8H,9H2,(H3,19,20,21,23). The van der Waals surface area contributed by atoms with Gasteiger partial charge in [0.15, 0.2) is 0 Å². The van der Waals surface area contributed by atoms with E-state index in [-0.39, 0.29) is 17.3 Å². The Hall–Kier alpha value is -3.15. The molecular weight excluding hydrogens is 295 g/mol. The van der Waals surface area contributed by atoms with Crippen LogP contribution < -0.4 is 11.3 Å². The lowest BCUT2D eigenvalue weighted by Gasteiger charge is -2.07. The van der Waals surface area contributed by atoms with E-state index in [4.69, 9.17) is 5.73 Å². The molecule has 2 heterocycles. The third-order valence-corrected chi connectivity index (χ3v) is 3.94. The molecule has 3 N–H and O–H groups in total. The number of fused-ring (bicyclic) bond motifs is 3. The first-order valence-electron chi connectivity index (χ1n) is 7.14. The Morgan fingerprint density at radius 1 is 1.17 bits per heavy atom. The maximum atomic E-state index is 13.9. The van der Waals surface area contributed by atoms with Crippen molar-refractivity contribution in [3.8, 4) is 0 Å². The minimum absolute atomic E-state index is 0.0904. The molecule has 0 aliphatic rings. The molecule has 0 unspecified atom stereocenters. The summed E-state index contributed by atoms with van der Waals surface area (Å²) in [5.41, 5.74) is 7.28. The van der Waals surface area contributed by atoms with Gasteiger partial charge in [0.2, 0.25) is 5.95 Å². The average Bonchev–Trinajstić information content (AvgIpc) is 2.92. The van der Waals surface area contributed by atoms with Crippen LogP contribution >= 0.6 is 0 Å². The highest BCUT2D eigenvalue weighted by Crippen LogP contribution is 2.24. The minimum atomic E-state index is -0.276. The Bertz CT molecular complexity index is 1100. The van der Waals surface area contributed by atoms with Crippen molar-refractivity contribution in [2.45, 2.75) is 6.54 Å². The molecule has 0 aliphatic carbocycles. The molecule has 0 aliphatic heterocycles. The van der Waals surface area contributed by atoms with Crippen molar-refractivity contribution in [2.75, 3.05) is 5.73 Å². The molecule has 6 heteroatoms. The summed E-state index contributed by atoms with van der Waals surface area (Å²) >= 11 is 0. The summed E-state index contributed by atoms with van der Waals surface area (Å²) in [6, 6.07) is 12.1. The van der Waals surface area contributed by atoms with Gasteiger partial charge in [-0.3, -0.25) is 9.78 Å². The van der Waals surface area contributed by atoms with Crippen LogP contribution in [0.15, 0.2) is 53.5 Å². The Kier molecular flexibility index (Phi) is 2.90. The molecule has 5 nitrogen and oxygen atoms in total. The summed E-state index contributed by atoms with van der Waals surface area (Å²) in [5, 5.41) is 1.26. The Labute approximate surface area is 130 Å². The number of aromatic nitrogens is 3. The van der Waals surface area contributed by atoms with E-state index in [0.717, 1.165) is 10.9 Å². The molecule has 0 spiro atoms. The monoisotopic (exact) mass is 308 g/mol. The van der Waals surface area contributed by atoms with E-state index in [1.54, 1.807) is 24.3 Å². The van der Waals surface area contributed by atoms with Crippen molar-refractivity contribution in [3.05, 3.63) is 70.4 Å². The second-order valence-corrected chi connectivity index (χ2v) is 5.38. The Balaban J connectivity index is 1.92. The van der Waals surface area contributed by atoms with Crippen molar-refractivity contribution in [1.82, 2.24) is 14.5 Å². The fourth-order valence-corrected chi connectivity index (χ4v) is 2.88. The fraction of sp³-hybridized carbons (Fsp3) is 0.0588. The van der Waals surface area contributed by atoms with Crippen LogP contribution in [0.2, 0.25) is 0 Å². The number of nitrogen functional groups attached to an aromatic ring is 1. The van der Waals surface area contributed by atoms with Gasteiger partial charge in [0, 0.05) is 22.7 Å². The summed E-state index contributed by atoms with van der Waals surface area (Å²) in [6.07, 6.45) is 1.84. The molecule has 0 saturated carbocycles. The highest BCUT2D eigenvalue weighted by Gasteiger charge is 2.11. The van der Waals surface area contributed by atoms with Gasteiger partial charge in [-0.25, -0.2) is 9.37 Å². The van der Waals surface area contributed by atoms with E-state index in [9.17, 15) is 9.18 Å². The predicted molar refractivity (Wildman–Crippen MR) is 87.8 cm³/mol. The second kappa shape index (κ2) is 4.95. The van der Waals surface area contributed by atoms with Crippen molar-refractivity contribution in [3.63, 3.8) is 0 Å². The second-order valence-electron chi connectivity index (χ2n) is 5.38. The van der Waals surface area contributed by atoms with Crippen LogP contribution in [0.1, 0.15) is 5.56 Å². The Morgan fingerprint density at radius 2 is 2.00 bits per heavy atom. The van der Waals surface area contributed by atoms with Gasteiger partial charge in [0.05, 0.1) is 17.4 Å². The van der Waals surface area contributed by atoms with Gasteiger partial charge in [-0.2, -0.15) is 0 Å². The third-order valence-electron chi connectivity index (χ3n) is 3.94. The van der Waals surface area contributed by atoms with Crippen LogP contribution in [-0.4, -0.2) is 14.5 Å². The van der Waals surface area contributed by atoms with Crippen LogP contribution in [0.3, 0.4) is 0 Å². The molecule has 0 fully saturated rings. The van der Waals surface area contributed by atoms with Crippen molar-refractivity contribution < 1.29 is 4.39 Å². The van der Waals surface area contributed by atoms with E-state index in [2.05, 4.69) is 9.97 Å². The third kappa shape index (κ3) is 2.15. The lowest BCUT2D eigenvalue weighted by Crippen LogP contribution is -2.11. The van der Waals surface area contributed by atoms with Gasteiger partial charge in [0.25, 0.3) is 5.56 Å². The largest absolute Gasteiger partial charge is 0.369 e. The topological polar surface area (TPSA) is 76.7 Å². The van der Waals surface area contributed by atoms with Gasteiger partial charge in [-0.15, -0.1) is 0 Å². The van der Waals surface area contributed by atoms with Crippen molar-refractivity contribution >= 4 is 27.8 Å². The van der Waals surface area contributed by atoms with Crippen LogP contribution in [0, 0.1) is 5.82 Å². The summed E-state index contributed by atoms with van der Waals surface area (Å²) < 4.78 is 15.8. The van der Waals surface area contributed by atoms with Crippen molar-refractivity contribution in [1.29, 1.82) is 0 Å². The summed E-state index contributed by atoms with van der Waals surface area (Å²) in [7, 11) is 0. The molecule has 0 radical (unpaired) electrons. The zero-order valence-corrected chi connectivity index (χ0v) is 12.1. The van der Waals surface area contributed by atoms with E-state index < -0.39 is 0 Å². The molecule has 114 valence electrons. The molecule has 2 aromatic heterocycles. The van der Waals surface area contributed by atoms with E-state index in [0.29, 0.717) is 23.0 Å². The highest BCUT2D eigenvalue weighted by molar-refractivity contribution is 6.05. The number of aromatic amines is 1. The van der Waals surface area contributed by atoms with Crippen molar-refractivity contribution in [2.24, 2.45) is 0 Å². The number of benzene rings is 2. The SMILES string of the molecule is Nc1nc2ccc3c(ccn3Cc3ccccc3F)c2c(=O)[nH]1. The normalized spacial score (nSPS) is 11.3. The quantitative estimate of drug-likeness (QED) is 0.597. The van der Waals surface area contributed by atoms with Gasteiger partial charge < -0.3 is 10.3 Å². The first-order chi connectivity index (χ1) is 11.1. The maximum Gasteiger partial charge on any atom is 0.260 e. The lowest BCUT2D eigenvalue weighted by molar-refractivity contribution is 0.602. The number of hydrogen-bond donors (Lipinski definition) is 2. The number of hydrogen-bond acceptors (Lipinski definition) is 3. The average molecular weight is 308 g/mol. The van der Waals surface area contributed by atoms with Crippen LogP contribution in [0.25, 0.3) is 21.8 Å². The smallest absolute Gasteiger partial charge is 0.260 e. The molecule has 0 atom stereocenters. The lowest BCUT2D eigenvalue weighted by atomic mass is 10.1. The summed E-state index contributed by atoms with van der Waals surface area (Å²) in [4.78, 5) is 18.9. The molecule has 0 amide bonds. The predicted octanol–water partition coefficient (Wildman–Crippen LogP) is 2.65. The van der Waals surface area contributed by atoms with Crippen LogP contribution in [0.5, 0.6) is 0 Å². The number of nitrogens with zero attached hydrogens (tertiary/aromatic N) is 2. The number of nitrogens with two attached hydrogens (primary N) is 1. The van der Waals surface area contributed by atoms with Gasteiger partial charge in [-0.1, -0.05) is 18.2 Å². The fourth-order valence-electron chi connectivity index (χ4n) is 2.88. The minimum Gasteiger partial charge on any atom is -0.369 e. The van der Waals surface area contributed by atoms with Gasteiger partial charge in [-0.05, 0) is 24.3 Å². The number of H-pyrrole nitrogens is 1. The molecule has 2 aromatic carbocycles. The molecular formula is C17H13FN4O. The number of halogens is 1. The maximum absolute atomic E-state index is 13.9. The van der Waals surface area contributed by atoms with E-state index in [1.165, 1.54) is 6.07 Å². The van der Waals surface area contributed by atoms with Crippen LogP contribution in [0.4, 0.5) is 10.3 Å². The molecule has 23 heavy (non-hydrogen) atoms. The Morgan fingerprint density at radius 3 is 2.83 bits per heavy atom. The molecule has 0 bridgehead atoms. The van der Waals surface area contributed by atoms with Gasteiger partial charge in [0.1, 0.15) is 5.82 Å². The van der Waals surface area contributed by atoms with E-state index in [1.807, 2.05) is 22.9 Å². The zero-order chi connectivity index (χ0) is 16.0. The van der Waals surface area contributed by atoms with E-state index >= 15 is 0 Å². The highest BCUT2D eigenvalue weighted by atomic mass is 19.1. The molecule has 4 aromatic rings. The summed E-state index contributed by atoms with van der Waals surface area (Å²) in [6.45, 7) is 0.391. The van der Waals surface area contributed by atoms with Crippen LogP contribution in [-0.2, 0) is 6.54 Å². The number of nitrogens with one attached hydrogen (secondary N) is 1. The zero-order valence-electron chi connectivity index (χ0n) is 12.1. The first kappa shape index (κ1) is 13.5.